The lowest BCUT2D eigenvalue weighted by atomic mass is 10.0. The fraction of sp³-hybridized carbons (Fsp3) is 1.00. The molecule has 2 aliphatic rings. The van der Waals surface area contributed by atoms with Crippen molar-refractivity contribution in [3.8, 4) is 0 Å². The molecule has 3 unspecified atom stereocenters. The monoisotopic (exact) mass is 228 g/mol. The quantitative estimate of drug-likeness (QED) is 0.752. The van der Waals surface area contributed by atoms with Gasteiger partial charge in [-0.2, -0.15) is 0 Å². The second-order valence-corrected chi connectivity index (χ2v) is 4.90. The van der Waals surface area contributed by atoms with Crippen molar-refractivity contribution < 1.29 is 9.47 Å². The van der Waals surface area contributed by atoms with E-state index in [1.54, 1.807) is 0 Å². The van der Waals surface area contributed by atoms with Gasteiger partial charge in [-0.25, -0.2) is 0 Å². The van der Waals surface area contributed by atoms with E-state index in [4.69, 9.17) is 9.47 Å². The van der Waals surface area contributed by atoms with Crippen molar-refractivity contribution in [3.63, 3.8) is 0 Å². The second kappa shape index (κ2) is 5.96. The zero-order valence-electron chi connectivity index (χ0n) is 10.4. The normalized spacial score (nSPS) is 36.8. The number of hydrogen-bond acceptors (Lipinski definition) is 4. The molecule has 94 valence electrons. The molecule has 0 spiro atoms. The molecule has 0 aromatic rings. The number of rotatable bonds is 4. The second-order valence-electron chi connectivity index (χ2n) is 4.90. The zero-order valence-corrected chi connectivity index (χ0v) is 10.4. The van der Waals surface area contributed by atoms with Gasteiger partial charge in [0.2, 0.25) is 0 Å². The Hall–Kier alpha value is -0.160. The van der Waals surface area contributed by atoms with Gasteiger partial charge in [-0.05, 0) is 13.5 Å². The molecule has 0 aromatic carbocycles. The molecule has 0 aliphatic carbocycles. The summed E-state index contributed by atoms with van der Waals surface area (Å²) in [5.41, 5.74) is 0. The molecule has 1 N–H and O–H groups in total. The van der Waals surface area contributed by atoms with Crippen molar-refractivity contribution in [1.82, 2.24) is 10.2 Å². The molecule has 0 saturated carbocycles. The van der Waals surface area contributed by atoms with Gasteiger partial charge in [0.05, 0.1) is 25.9 Å². The molecular formula is C12H24N2O2. The van der Waals surface area contributed by atoms with Crippen molar-refractivity contribution in [3.05, 3.63) is 0 Å². The van der Waals surface area contributed by atoms with Crippen LogP contribution in [0.15, 0.2) is 0 Å². The summed E-state index contributed by atoms with van der Waals surface area (Å²) in [6, 6.07) is 0.545. The van der Waals surface area contributed by atoms with Crippen LogP contribution in [0.2, 0.25) is 0 Å². The average molecular weight is 228 g/mol. The maximum Gasteiger partial charge on any atom is 0.0674 e. The first kappa shape index (κ1) is 12.3. The molecular weight excluding hydrogens is 204 g/mol. The topological polar surface area (TPSA) is 33.7 Å². The molecule has 16 heavy (non-hydrogen) atoms. The Bertz CT molecular complexity index is 213. The molecule has 4 heteroatoms. The van der Waals surface area contributed by atoms with E-state index in [9.17, 15) is 0 Å². The maximum atomic E-state index is 5.57. The summed E-state index contributed by atoms with van der Waals surface area (Å²) >= 11 is 0. The molecule has 0 aromatic heterocycles. The van der Waals surface area contributed by atoms with Crippen molar-refractivity contribution in [1.29, 1.82) is 0 Å². The highest BCUT2D eigenvalue weighted by atomic mass is 16.5. The highest BCUT2D eigenvalue weighted by Gasteiger charge is 2.30. The Labute approximate surface area is 98.3 Å². The van der Waals surface area contributed by atoms with Crippen LogP contribution in [-0.4, -0.2) is 63.0 Å². The molecule has 4 nitrogen and oxygen atoms in total. The van der Waals surface area contributed by atoms with Gasteiger partial charge in [0.15, 0.2) is 0 Å². The van der Waals surface area contributed by atoms with E-state index in [2.05, 4.69) is 24.1 Å². The molecule has 3 atom stereocenters. The Kier molecular flexibility index (Phi) is 4.58. The number of morpholine rings is 1. The summed E-state index contributed by atoms with van der Waals surface area (Å²) in [6.45, 7) is 11.3. The van der Waals surface area contributed by atoms with E-state index in [-0.39, 0.29) is 0 Å². The minimum Gasteiger partial charge on any atom is -0.379 e. The predicted octanol–water partition coefficient (Wildman–Crippen LogP) is 0.332. The van der Waals surface area contributed by atoms with Gasteiger partial charge in [0.25, 0.3) is 0 Å². The lowest BCUT2D eigenvalue weighted by Crippen LogP contribution is -2.47. The van der Waals surface area contributed by atoms with Crippen LogP contribution in [0.4, 0.5) is 0 Å². The van der Waals surface area contributed by atoms with Gasteiger partial charge in [-0.3, -0.25) is 4.90 Å². The fourth-order valence-corrected chi connectivity index (χ4v) is 2.65. The first-order valence-corrected chi connectivity index (χ1v) is 6.44. The molecule has 0 radical (unpaired) electrons. The third-order valence-corrected chi connectivity index (χ3v) is 3.48. The van der Waals surface area contributed by atoms with Crippen molar-refractivity contribution in [2.45, 2.75) is 26.0 Å². The highest BCUT2D eigenvalue weighted by Crippen LogP contribution is 2.16. The van der Waals surface area contributed by atoms with Gasteiger partial charge < -0.3 is 14.8 Å². The van der Waals surface area contributed by atoms with E-state index in [0.29, 0.717) is 18.1 Å². The zero-order chi connectivity index (χ0) is 11.4. The summed E-state index contributed by atoms with van der Waals surface area (Å²) in [7, 11) is 0. The Morgan fingerprint density at radius 2 is 2.25 bits per heavy atom. The minimum atomic E-state index is 0.383. The predicted molar refractivity (Wildman–Crippen MR) is 63.6 cm³/mol. The molecule has 0 bridgehead atoms. The highest BCUT2D eigenvalue weighted by molar-refractivity contribution is 4.84. The molecule has 0 amide bonds. The van der Waals surface area contributed by atoms with E-state index in [1.807, 2.05) is 0 Å². The van der Waals surface area contributed by atoms with E-state index in [0.717, 1.165) is 46.0 Å². The molecule has 2 heterocycles. The third kappa shape index (κ3) is 3.17. The lowest BCUT2D eigenvalue weighted by molar-refractivity contribution is -0.0241. The van der Waals surface area contributed by atoms with E-state index in [1.165, 1.54) is 0 Å². The van der Waals surface area contributed by atoms with Gasteiger partial charge >= 0.3 is 0 Å². The van der Waals surface area contributed by atoms with Crippen molar-refractivity contribution >= 4 is 0 Å². The molecule has 2 rings (SSSR count). The standard InChI is InChI=1S/C12H24N2O2/c1-3-13-12-9-15-8-11(12)7-14-4-5-16-10(2)6-14/h10-13H,3-9H2,1-2H3. The Balaban J connectivity index is 1.79. The fourth-order valence-electron chi connectivity index (χ4n) is 2.65. The lowest BCUT2D eigenvalue weighted by Gasteiger charge is -2.33. The summed E-state index contributed by atoms with van der Waals surface area (Å²) in [4.78, 5) is 2.51. The van der Waals surface area contributed by atoms with Crippen LogP contribution in [0.3, 0.4) is 0 Å². The number of hydrogen-bond donors (Lipinski definition) is 1. The largest absolute Gasteiger partial charge is 0.379 e. The molecule has 2 saturated heterocycles. The van der Waals surface area contributed by atoms with E-state index < -0.39 is 0 Å². The van der Waals surface area contributed by atoms with Gasteiger partial charge in [0.1, 0.15) is 0 Å². The summed E-state index contributed by atoms with van der Waals surface area (Å²) in [5.74, 6) is 0.644. The van der Waals surface area contributed by atoms with Gasteiger partial charge in [0, 0.05) is 31.6 Å². The van der Waals surface area contributed by atoms with Crippen molar-refractivity contribution in [2.24, 2.45) is 5.92 Å². The minimum absolute atomic E-state index is 0.383. The van der Waals surface area contributed by atoms with Crippen LogP contribution < -0.4 is 5.32 Å². The molecule has 2 fully saturated rings. The van der Waals surface area contributed by atoms with Crippen LogP contribution in [-0.2, 0) is 9.47 Å². The van der Waals surface area contributed by atoms with Crippen LogP contribution in [0.1, 0.15) is 13.8 Å². The Morgan fingerprint density at radius 3 is 3.00 bits per heavy atom. The van der Waals surface area contributed by atoms with Crippen LogP contribution in [0, 0.1) is 5.92 Å². The number of ether oxygens (including phenoxy) is 2. The SMILES string of the molecule is CCNC1COCC1CN1CCOC(C)C1. The average Bonchev–Trinajstić information content (AvgIpc) is 2.66. The first-order valence-electron chi connectivity index (χ1n) is 6.44. The molecule has 2 aliphatic heterocycles. The Morgan fingerprint density at radius 1 is 1.38 bits per heavy atom. The van der Waals surface area contributed by atoms with Crippen LogP contribution >= 0.6 is 0 Å². The van der Waals surface area contributed by atoms with Crippen LogP contribution in [0.5, 0.6) is 0 Å². The smallest absolute Gasteiger partial charge is 0.0674 e. The van der Waals surface area contributed by atoms with Gasteiger partial charge in [-0.15, -0.1) is 0 Å². The third-order valence-electron chi connectivity index (χ3n) is 3.48. The number of nitrogens with one attached hydrogen (secondary N) is 1. The summed E-state index contributed by atoms with van der Waals surface area (Å²) in [5, 5.41) is 3.51. The van der Waals surface area contributed by atoms with Crippen molar-refractivity contribution in [2.75, 3.05) is 46.0 Å². The van der Waals surface area contributed by atoms with Gasteiger partial charge in [-0.1, -0.05) is 6.92 Å². The number of likely N-dealkylation sites (N-methyl/N-ethyl adjacent to an activating group) is 1. The maximum absolute atomic E-state index is 5.57. The summed E-state index contributed by atoms with van der Waals surface area (Å²) < 4.78 is 11.1. The van der Waals surface area contributed by atoms with E-state index >= 15 is 0 Å². The first-order chi connectivity index (χ1) is 7.79. The summed E-state index contributed by atoms with van der Waals surface area (Å²) in [6.07, 6.45) is 0.383. The van der Waals surface area contributed by atoms with Crippen LogP contribution in [0.25, 0.3) is 0 Å². The number of nitrogens with zero attached hydrogens (tertiary/aromatic N) is 1.